The zero-order valence-electron chi connectivity index (χ0n) is 23.3. The molecule has 0 fully saturated rings. The van der Waals surface area contributed by atoms with Crippen LogP contribution in [0.4, 0.5) is 0 Å². The van der Waals surface area contributed by atoms with Gasteiger partial charge in [0.15, 0.2) is 11.5 Å². The van der Waals surface area contributed by atoms with Crippen molar-refractivity contribution in [1.82, 2.24) is 5.32 Å². The Balaban J connectivity index is 0.0000122. The van der Waals surface area contributed by atoms with E-state index in [0.717, 1.165) is 18.4 Å². The van der Waals surface area contributed by atoms with Crippen molar-refractivity contribution in [3.8, 4) is 11.5 Å². The Labute approximate surface area is 224 Å². The molecule has 1 aromatic carbocycles. The van der Waals surface area contributed by atoms with Crippen LogP contribution in [-0.2, 0) is 20.7 Å². The number of carbonyl (C=O) groups excluding carboxylic acids is 1. The second-order valence-electron chi connectivity index (χ2n) is 10.6. The lowest BCUT2D eigenvalue weighted by molar-refractivity contribution is -0.137. The van der Waals surface area contributed by atoms with Crippen LogP contribution < -0.4 is 20.5 Å². The molecule has 0 radical (unpaired) electrons. The predicted octanol–water partition coefficient (Wildman–Crippen LogP) is 3.60. The van der Waals surface area contributed by atoms with Gasteiger partial charge in [0.05, 0.1) is 19.8 Å². The first-order valence-corrected chi connectivity index (χ1v) is 12.5. The smallest absolute Gasteiger partial charge is 0.249 e. The first-order chi connectivity index (χ1) is 16.4. The average Bonchev–Trinajstić information content (AvgIpc) is 2.79. The minimum atomic E-state index is -0.853. The number of aliphatic hydroxyl groups excluding tert-OH is 1. The number of methoxy groups -OCH3 is 3. The molecule has 0 aliphatic rings. The third kappa shape index (κ3) is 11.6. The zero-order chi connectivity index (χ0) is 26.6. The largest absolute Gasteiger partial charge is 0.493 e. The van der Waals surface area contributed by atoms with Crippen LogP contribution >= 0.6 is 12.4 Å². The van der Waals surface area contributed by atoms with Crippen LogP contribution in [0.2, 0.25) is 0 Å². The van der Waals surface area contributed by atoms with Crippen LogP contribution in [0.15, 0.2) is 18.2 Å². The van der Waals surface area contributed by atoms with Crippen LogP contribution in [0.3, 0.4) is 0 Å². The fraction of sp³-hybridized carbons (Fsp3) is 0.741. The molecule has 1 rings (SSSR count). The predicted molar refractivity (Wildman–Crippen MR) is 146 cm³/mol. The maximum atomic E-state index is 12.5. The van der Waals surface area contributed by atoms with Crippen LogP contribution in [-0.4, -0.2) is 70.4 Å². The normalized spacial score (nSPS) is 15.0. The van der Waals surface area contributed by atoms with Gasteiger partial charge in [0.2, 0.25) is 5.91 Å². The van der Waals surface area contributed by atoms with Gasteiger partial charge in [0, 0.05) is 39.8 Å². The van der Waals surface area contributed by atoms with E-state index in [0.29, 0.717) is 37.1 Å². The zero-order valence-corrected chi connectivity index (χ0v) is 24.2. The molecule has 0 saturated heterocycles. The van der Waals surface area contributed by atoms with Gasteiger partial charge in [0.25, 0.3) is 0 Å². The molecule has 1 aromatic rings. The van der Waals surface area contributed by atoms with Crippen molar-refractivity contribution in [3.05, 3.63) is 23.8 Å². The number of hydrogen-bond acceptors (Lipinski definition) is 7. The Bertz CT molecular complexity index is 756. The summed E-state index contributed by atoms with van der Waals surface area (Å²) in [5, 5.41) is 13.4. The SMILES string of the molecule is COCCCOc1cc(CC(CC(N)C(O)CNC(=O)[C@H](OC)C(C)(C)C)C(C)C)ccc1OC.Cl. The van der Waals surface area contributed by atoms with E-state index < -0.39 is 18.2 Å². The van der Waals surface area contributed by atoms with Crippen LogP contribution in [0.25, 0.3) is 0 Å². The molecule has 36 heavy (non-hydrogen) atoms. The van der Waals surface area contributed by atoms with Crippen molar-refractivity contribution in [2.24, 2.45) is 23.0 Å². The lowest BCUT2D eigenvalue weighted by Gasteiger charge is -2.30. The molecule has 0 saturated carbocycles. The summed E-state index contributed by atoms with van der Waals surface area (Å²) in [4.78, 5) is 12.5. The Morgan fingerprint density at radius 2 is 1.78 bits per heavy atom. The van der Waals surface area contributed by atoms with E-state index >= 15 is 0 Å². The topological polar surface area (TPSA) is 112 Å². The Morgan fingerprint density at radius 1 is 1.11 bits per heavy atom. The van der Waals surface area contributed by atoms with Gasteiger partial charge in [-0.15, -0.1) is 12.4 Å². The molecule has 0 spiro atoms. The number of ether oxygens (including phenoxy) is 4. The van der Waals surface area contributed by atoms with Gasteiger partial charge in [-0.05, 0) is 47.8 Å². The molecule has 1 amide bonds. The fourth-order valence-corrected chi connectivity index (χ4v) is 4.05. The summed E-state index contributed by atoms with van der Waals surface area (Å²) in [6.07, 6.45) is 0.752. The molecule has 0 aliphatic carbocycles. The minimum Gasteiger partial charge on any atom is -0.493 e. The minimum absolute atomic E-state index is 0. The summed E-state index contributed by atoms with van der Waals surface area (Å²) in [5.74, 6) is 1.76. The molecule has 0 aromatic heterocycles. The summed E-state index contributed by atoms with van der Waals surface area (Å²) in [5.41, 5.74) is 7.14. The molecular formula is C27H49ClN2O6. The second-order valence-corrected chi connectivity index (χ2v) is 10.6. The number of halogens is 1. The van der Waals surface area contributed by atoms with Crippen molar-refractivity contribution in [3.63, 3.8) is 0 Å². The molecule has 0 heterocycles. The lowest BCUT2D eigenvalue weighted by Crippen LogP contribution is -2.49. The molecule has 4 N–H and O–H groups in total. The van der Waals surface area contributed by atoms with Crippen molar-refractivity contribution >= 4 is 18.3 Å². The van der Waals surface area contributed by atoms with Gasteiger partial charge in [-0.1, -0.05) is 40.7 Å². The van der Waals surface area contributed by atoms with Crippen molar-refractivity contribution in [2.45, 2.75) is 72.1 Å². The first kappa shape index (κ1) is 34.4. The van der Waals surface area contributed by atoms with Gasteiger partial charge < -0.3 is 35.1 Å². The Hall–Kier alpha value is -1.58. The average molecular weight is 533 g/mol. The maximum Gasteiger partial charge on any atom is 0.249 e. The lowest BCUT2D eigenvalue weighted by atomic mass is 9.83. The maximum absolute atomic E-state index is 12.5. The number of benzene rings is 1. The van der Waals surface area contributed by atoms with E-state index in [1.54, 1.807) is 14.2 Å². The van der Waals surface area contributed by atoms with Gasteiger partial charge in [0.1, 0.15) is 6.10 Å². The number of nitrogens with two attached hydrogens (primary N) is 1. The van der Waals surface area contributed by atoms with Crippen LogP contribution in [0, 0.1) is 17.3 Å². The highest BCUT2D eigenvalue weighted by molar-refractivity contribution is 5.85. The highest BCUT2D eigenvalue weighted by Crippen LogP contribution is 2.31. The molecule has 9 heteroatoms. The number of nitrogens with one attached hydrogen (secondary N) is 1. The molecule has 4 atom stereocenters. The van der Waals surface area contributed by atoms with Gasteiger partial charge in [-0.2, -0.15) is 0 Å². The third-order valence-electron chi connectivity index (χ3n) is 6.23. The highest BCUT2D eigenvalue weighted by atomic mass is 35.5. The number of aliphatic hydroxyl groups is 1. The molecule has 0 aliphatic heterocycles. The van der Waals surface area contributed by atoms with E-state index in [9.17, 15) is 9.90 Å². The quantitative estimate of drug-likeness (QED) is 0.279. The van der Waals surface area contributed by atoms with Crippen molar-refractivity contribution in [1.29, 1.82) is 0 Å². The van der Waals surface area contributed by atoms with Crippen molar-refractivity contribution < 1.29 is 28.8 Å². The Morgan fingerprint density at radius 3 is 2.31 bits per heavy atom. The van der Waals surface area contributed by atoms with E-state index in [-0.39, 0.29) is 36.2 Å². The summed E-state index contributed by atoms with van der Waals surface area (Å²) in [6, 6.07) is 5.50. The molecule has 8 nitrogen and oxygen atoms in total. The summed E-state index contributed by atoms with van der Waals surface area (Å²) >= 11 is 0. The molecule has 3 unspecified atom stereocenters. The number of amides is 1. The third-order valence-corrected chi connectivity index (χ3v) is 6.23. The van der Waals surface area contributed by atoms with E-state index in [2.05, 4.69) is 19.2 Å². The van der Waals surface area contributed by atoms with Gasteiger partial charge >= 0.3 is 0 Å². The van der Waals surface area contributed by atoms with Crippen LogP contribution in [0.1, 0.15) is 53.0 Å². The van der Waals surface area contributed by atoms with E-state index in [1.165, 1.54) is 7.11 Å². The standard InChI is InChI=1S/C27H48N2O6.ClH/c1-18(2)20(14-19-10-11-23(33-7)24(15-19)35-13-9-12-32-6)16-21(28)22(30)17-29-26(31)25(34-8)27(3,4)5;/h10-11,15,18,20-22,25,30H,9,12-14,16-17,28H2,1-8H3,(H,29,31);1H/t20?,21?,22?,25-;/m0./s1. The monoisotopic (exact) mass is 532 g/mol. The Kier molecular flexibility index (Phi) is 16.3. The van der Waals surface area contributed by atoms with Gasteiger partial charge in [-0.3, -0.25) is 4.79 Å². The summed E-state index contributed by atoms with van der Waals surface area (Å²) < 4.78 is 21.8. The van der Waals surface area contributed by atoms with Crippen molar-refractivity contribution in [2.75, 3.05) is 41.1 Å². The summed E-state index contributed by atoms with van der Waals surface area (Å²) in [7, 11) is 4.81. The molecule has 0 bridgehead atoms. The second kappa shape index (κ2) is 17.0. The summed E-state index contributed by atoms with van der Waals surface area (Å²) in [6.45, 7) is 11.4. The highest BCUT2D eigenvalue weighted by Gasteiger charge is 2.32. The van der Waals surface area contributed by atoms with E-state index in [4.69, 9.17) is 24.7 Å². The number of rotatable bonds is 16. The number of carbonyl (C=O) groups is 1. The van der Waals surface area contributed by atoms with E-state index in [1.807, 2.05) is 39.0 Å². The van der Waals surface area contributed by atoms with Gasteiger partial charge in [-0.25, -0.2) is 0 Å². The molecular weight excluding hydrogens is 484 g/mol. The first-order valence-electron chi connectivity index (χ1n) is 12.5. The molecule has 210 valence electrons. The van der Waals surface area contributed by atoms with Crippen LogP contribution in [0.5, 0.6) is 11.5 Å². The number of hydrogen-bond donors (Lipinski definition) is 3. The fourth-order valence-electron chi connectivity index (χ4n) is 4.05.